The molecule has 61 heavy (non-hydrogen) atoms. The highest BCUT2D eigenvalue weighted by atomic mass is 28.3. The Morgan fingerprint density at radius 3 is 1.70 bits per heavy atom. The minimum absolute atomic E-state index is 0.933. The molecule has 5 nitrogen and oxygen atoms in total. The Morgan fingerprint density at radius 2 is 0.967 bits per heavy atom. The first-order valence-electron chi connectivity index (χ1n) is 20.8. The zero-order valence-electron chi connectivity index (χ0n) is 33.5. The van der Waals surface area contributed by atoms with Crippen molar-refractivity contribution in [1.82, 2.24) is 23.7 Å². The number of fused-ring (bicyclic) bond motifs is 8. The van der Waals surface area contributed by atoms with E-state index >= 15 is 0 Å². The molecule has 288 valence electrons. The molecule has 4 aromatic heterocycles. The van der Waals surface area contributed by atoms with E-state index in [9.17, 15) is 0 Å². The zero-order valence-corrected chi connectivity index (χ0v) is 34.5. The molecule has 0 radical (unpaired) electrons. The van der Waals surface area contributed by atoms with Crippen LogP contribution in [0.1, 0.15) is 0 Å². The summed E-state index contributed by atoms with van der Waals surface area (Å²) in [7, 11) is -0.900. The van der Waals surface area contributed by atoms with Gasteiger partial charge in [0.05, 0.1) is 27.6 Å². The van der Waals surface area contributed by atoms with Crippen LogP contribution in [0.5, 0.6) is 0 Å². The molecule has 0 unspecified atom stereocenters. The molecule has 6 heteroatoms. The Morgan fingerprint density at radius 1 is 0.410 bits per heavy atom. The van der Waals surface area contributed by atoms with Crippen molar-refractivity contribution in [3.63, 3.8) is 0 Å². The highest BCUT2D eigenvalue weighted by Crippen LogP contribution is 2.41. The second-order valence-electron chi connectivity index (χ2n) is 15.9. The van der Waals surface area contributed by atoms with Gasteiger partial charge in [-0.25, -0.2) is 9.97 Å². The lowest BCUT2D eigenvalue weighted by Gasteiger charge is -2.35. The Kier molecular flexibility index (Phi) is 8.02. The van der Waals surface area contributed by atoms with Gasteiger partial charge >= 0.3 is 0 Å². The quantitative estimate of drug-likeness (QED) is 0.119. The highest BCUT2D eigenvalue weighted by molar-refractivity contribution is 7.20. The lowest BCUT2D eigenvalue weighted by molar-refractivity contribution is 0.959. The Labute approximate surface area is 354 Å². The van der Waals surface area contributed by atoms with Crippen LogP contribution in [0.3, 0.4) is 0 Å². The van der Waals surface area contributed by atoms with Gasteiger partial charge in [-0.2, -0.15) is 0 Å². The van der Waals surface area contributed by atoms with Crippen molar-refractivity contribution >= 4 is 83.6 Å². The minimum atomic E-state index is -3.02. The van der Waals surface area contributed by atoms with Crippen molar-refractivity contribution in [2.45, 2.75) is 0 Å². The molecule has 12 rings (SSSR count). The number of aromatic nitrogens is 5. The van der Waals surface area contributed by atoms with E-state index < -0.39 is 8.07 Å². The van der Waals surface area contributed by atoms with E-state index in [1.807, 2.05) is 6.20 Å². The van der Waals surface area contributed by atoms with Crippen molar-refractivity contribution in [3.8, 4) is 22.8 Å². The average molecular weight is 798 g/mol. The minimum Gasteiger partial charge on any atom is -0.327 e. The van der Waals surface area contributed by atoms with Gasteiger partial charge in [0.25, 0.3) is 0 Å². The zero-order chi connectivity index (χ0) is 40.5. The maximum Gasteiger partial charge on any atom is 0.179 e. The van der Waals surface area contributed by atoms with Crippen LogP contribution in [-0.4, -0.2) is 31.7 Å². The van der Waals surface area contributed by atoms with E-state index in [2.05, 4.69) is 233 Å². The second-order valence-corrected chi connectivity index (χ2v) is 19.7. The molecule has 0 N–H and O–H groups in total. The third kappa shape index (κ3) is 5.26. The summed E-state index contributed by atoms with van der Waals surface area (Å²) in [5.41, 5.74) is 9.81. The number of benzene rings is 8. The van der Waals surface area contributed by atoms with Gasteiger partial charge in [0.15, 0.2) is 8.07 Å². The van der Waals surface area contributed by atoms with Gasteiger partial charge in [-0.1, -0.05) is 158 Å². The molecular formula is C55H39N5Si. The van der Waals surface area contributed by atoms with Crippen LogP contribution in [0.2, 0.25) is 0 Å². The molecule has 8 aromatic carbocycles. The normalized spacial score (nSPS) is 12.0. The van der Waals surface area contributed by atoms with Crippen molar-refractivity contribution in [1.29, 1.82) is 0 Å². The van der Waals surface area contributed by atoms with Gasteiger partial charge in [-0.3, -0.25) is 4.57 Å². The van der Waals surface area contributed by atoms with Gasteiger partial charge in [0.1, 0.15) is 11.5 Å². The van der Waals surface area contributed by atoms with Gasteiger partial charge in [-0.15, -0.1) is 0 Å². The topological polar surface area (TPSA) is 40.6 Å². The Balaban J connectivity index is 1.18. The standard InChI is InChI=1S/C55H39N5Si/c1-58-51-32-14-12-30-49(51)57-54(58)38-18-15-26-43(36-38)61(41-22-7-3-8-23-41,42-24-9-4-10-25-42)44-27-16-21-40(37-44)60-53-47(48-29-17-35-56-55(48)60)34-33-46-45-28-11-13-31-50(45)59(52(46)53)39-19-5-2-6-20-39/h2-37H,1H3. The fourth-order valence-electron chi connectivity index (χ4n) is 10.0. The van der Waals surface area contributed by atoms with Crippen molar-refractivity contribution in [2.24, 2.45) is 7.05 Å². The van der Waals surface area contributed by atoms with Crippen molar-refractivity contribution in [2.75, 3.05) is 0 Å². The molecule has 4 heterocycles. The number of aryl methyl sites for hydroxylation is 1. The Bertz CT molecular complexity index is 3560. The van der Waals surface area contributed by atoms with Gasteiger partial charge in [0, 0.05) is 51.7 Å². The van der Waals surface area contributed by atoms with Crippen LogP contribution in [0.15, 0.2) is 219 Å². The number of pyridine rings is 1. The van der Waals surface area contributed by atoms with Crippen LogP contribution < -0.4 is 20.7 Å². The first-order chi connectivity index (χ1) is 30.2. The molecule has 0 aliphatic heterocycles. The number of hydrogen-bond acceptors (Lipinski definition) is 2. The summed E-state index contributed by atoms with van der Waals surface area (Å²) in [4.78, 5) is 10.3. The SMILES string of the molecule is Cn1c(-c2cccc([Si](c3ccccc3)(c3ccccc3)c3cccc(-n4c5ncccc5c5ccc6c7ccccc7n(-c7ccccc7)c6c54)c3)c2)nc2ccccc21. The molecule has 0 saturated carbocycles. The first-order valence-corrected chi connectivity index (χ1v) is 22.8. The molecule has 0 fully saturated rings. The summed E-state index contributed by atoms with van der Waals surface area (Å²) in [5.74, 6) is 0.954. The van der Waals surface area contributed by atoms with Crippen LogP contribution in [-0.2, 0) is 7.05 Å². The summed E-state index contributed by atoms with van der Waals surface area (Å²) >= 11 is 0. The summed E-state index contributed by atoms with van der Waals surface area (Å²) in [6.45, 7) is 0. The molecule has 0 aliphatic rings. The van der Waals surface area contributed by atoms with Gasteiger partial charge in [0.2, 0.25) is 0 Å². The number of rotatable bonds is 7. The largest absolute Gasteiger partial charge is 0.327 e. The van der Waals surface area contributed by atoms with E-state index in [4.69, 9.17) is 9.97 Å². The van der Waals surface area contributed by atoms with E-state index in [1.54, 1.807) is 0 Å². The van der Waals surface area contributed by atoms with Gasteiger partial charge < -0.3 is 9.13 Å². The maximum atomic E-state index is 5.17. The number of hydrogen-bond donors (Lipinski definition) is 0. The lowest BCUT2D eigenvalue weighted by atomic mass is 10.1. The predicted octanol–water partition coefficient (Wildman–Crippen LogP) is 10.2. The molecule has 0 saturated heterocycles. The second kappa shape index (κ2) is 13.9. The van der Waals surface area contributed by atoms with E-state index in [0.717, 1.165) is 55.9 Å². The summed E-state index contributed by atoms with van der Waals surface area (Å²) < 4.78 is 7.07. The molecule has 0 atom stereocenters. The van der Waals surface area contributed by atoms with Crippen molar-refractivity contribution < 1.29 is 0 Å². The van der Waals surface area contributed by atoms with E-state index in [0.29, 0.717) is 0 Å². The summed E-state index contributed by atoms with van der Waals surface area (Å²) in [6.07, 6.45) is 1.92. The van der Waals surface area contributed by atoms with E-state index in [1.165, 1.54) is 42.4 Å². The van der Waals surface area contributed by atoms with E-state index in [-0.39, 0.29) is 0 Å². The van der Waals surface area contributed by atoms with Crippen LogP contribution in [0.4, 0.5) is 0 Å². The highest BCUT2D eigenvalue weighted by Gasteiger charge is 2.42. The van der Waals surface area contributed by atoms with Gasteiger partial charge in [-0.05, 0) is 75.3 Å². The molecule has 0 amide bonds. The molecule has 0 aliphatic carbocycles. The fraction of sp³-hybridized carbons (Fsp3) is 0.0182. The molecular weight excluding hydrogens is 759 g/mol. The number of nitrogens with zero attached hydrogens (tertiary/aromatic N) is 5. The number of imidazole rings is 1. The van der Waals surface area contributed by atoms with Crippen LogP contribution >= 0.6 is 0 Å². The number of para-hydroxylation sites is 4. The Hall–Kier alpha value is -7.80. The third-order valence-corrected chi connectivity index (χ3v) is 17.4. The lowest BCUT2D eigenvalue weighted by Crippen LogP contribution is -2.74. The predicted molar refractivity (Wildman–Crippen MR) is 256 cm³/mol. The average Bonchev–Trinajstić information content (AvgIpc) is 3.98. The van der Waals surface area contributed by atoms with Crippen LogP contribution in [0.25, 0.3) is 77.5 Å². The molecule has 12 aromatic rings. The summed E-state index contributed by atoms with van der Waals surface area (Å²) in [5, 5.41) is 9.93. The third-order valence-electron chi connectivity index (χ3n) is 12.6. The first kappa shape index (κ1) is 35.2. The fourth-order valence-corrected chi connectivity index (χ4v) is 14.8. The van der Waals surface area contributed by atoms with Crippen molar-refractivity contribution in [3.05, 3.63) is 219 Å². The maximum absolute atomic E-state index is 5.17. The smallest absolute Gasteiger partial charge is 0.179 e. The monoisotopic (exact) mass is 797 g/mol. The molecule has 0 spiro atoms. The van der Waals surface area contributed by atoms with Crippen LogP contribution in [0, 0.1) is 0 Å². The molecule has 0 bridgehead atoms. The summed E-state index contributed by atoms with van der Waals surface area (Å²) in [6, 6.07) is 77.6.